The topological polar surface area (TPSA) is 84.7 Å². The van der Waals surface area contributed by atoms with Gasteiger partial charge < -0.3 is 19.4 Å². The lowest BCUT2D eigenvalue weighted by Gasteiger charge is -2.31. The molecule has 28 heavy (non-hydrogen) atoms. The molecule has 1 aromatic carbocycles. The van der Waals surface area contributed by atoms with Crippen molar-refractivity contribution in [3.05, 3.63) is 41.7 Å². The minimum atomic E-state index is -0.294. The van der Waals surface area contributed by atoms with Gasteiger partial charge in [0.15, 0.2) is 5.76 Å². The Kier molecular flexibility index (Phi) is 4.90. The van der Waals surface area contributed by atoms with Crippen molar-refractivity contribution in [1.29, 1.82) is 0 Å². The number of fused-ring (bicyclic) bond motifs is 2. The molecule has 3 heterocycles. The highest BCUT2D eigenvalue weighted by Crippen LogP contribution is 2.24. The highest BCUT2D eigenvalue weighted by Gasteiger charge is 2.25. The zero-order valence-corrected chi connectivity index (χ0v) is 16.0. The number of likely N-dealkylation sites (tertiary alicyclic amines) is 1. The van der Waals surface area contributed by atoms with Crippen LogP contribution in [0.3, 0.4) is 0 Å². The third kappa shape index (κ3) is 3.65. The lowest BCUT2D eigenvalue weighted by Crippen LogP contribution is -2.46. The van der Waals surface area contributed by atoms with Gasteiger partial charge in [-0.05, 0) is 50.5 Å². The van der Waals surface area contributed by atoms with E-state index in [-0.39, 0.29) is 23.8 Å². The molecule has 0 radical (unpaired) electrons. The number of piperidine rings is 1. The van der Waals surface area contributed by atoms with E-state index >= 15 is 0 Å². The number of rotatable bonds is 3. The fourth-order valence-corrected chi connectivity index (χ4v) is 3.53. The summed E-state index contributed by atoms with van der Waals surface area (Å²) in [7, 11) is 0. The van der Waals surface area contributed by atoms with Gasteiger partial charge in [0.1, 0.15) is 0 Å². The number of carbonyl (C=O) groups excluding carboxylic acids is 2. The fraction of sp³-hybridized carbons (Fsp3) is 0.381. The molecule has 7 heteroatoms. The number of aromatic nitrogens is 1. The molecule has 146 valence electrons. The summed E-state index contributed by atoms with van der Waals surface area (Å²) < 4.78 is 10.7. The van der Waals surface area contributed by atoms with Crippen molar-refractivity contribution in [2.45, 2.75) is 32.7 Å². The highest BCUT2D eigenvalue weighted by molar-refractivity contribution is 5.98. The van der Waals surface area contributed by atoms with Gasteiger partial charge >= 0.3 is 6.09 Å². The van der Waals surface area contributed by atoms with Gasteiger partial charge in [0.25, 0.3) is 5.91 Å². The molecular weight excluding hydrogens is 358 g/mol. The molecule has 1 fully saturated rings. The van der Waals surface area contributed by atoms with Gasteiger partial charge in [0.05, 0.1) is 12.1 Å². The molecule has 3 aromatic rings. The van der Waals surface area contributed by atoms with E-state index < -0.39 is 0 Å². The third-order valence-electron chi connectivity index (χ3n) is 5.04. The number of nitrogens with zero attached hydrogens (tertiary/aromatic N) is 2. The standard InChI is InChI=1S/C21H23N3O4/c1-3-27-21(26)24-8-6-16(7-9-24)22-19(25)18-12-15-11-14-5-4-13(2)10-17(14)23-20(15)28-18/h4-5,10-12,16H,3,6-9H2,1-2H3,(H,22,25). The fourth-order valence-electron chi connectivity index (χ4n) is 3.53. The summed E-state index contributed by atoms with van der Waals surface area (Å²) in [4.78, 5) is 30.6. The normalized spacial score (nSPS) is 15.1. The van der Waals surface area contributed by atoms with E-state index in [2.05, 4.69) is 10.3 Å². The van der Waals surface area contributed by atoms with Crippen LogP contribution in [0.2, 0.25) is 0 Å². The Hall–Kier alpha value is -3.09. The second-order valence-corrected chi connectivity index (χ2v) is 7.12. The van der Waals surface area contributed by atoms with Crippen LogP contribution >= 0.6 is 0 Å². The number of ether oxygens (including phenoxy) is 1. The number of carbonyl (C=O) groups is 2. The van der Waals surface area contributed by atoms with Gasteiger partial charge in [0.2, 0.25) is 5.71 Å². The van der Waals surface area contributed by atoms with Crippen LogP contribution in [0, 0.1) is 6.92 Å². The van der Waals surface area contributed by atoms with Gasteiger partial charge in [-0.15, -0.1) is 0 Å². The maximum absolute atomic E-state index is 12.6. The number of benzene rings is 1. The maximum atomic E-state index is 12.6. The summed E-state index contributed by atoms with van der Waals surface area (Å²) in [6.07, 6.45) is 1.08. The number of hydrogen-bond donors (Lipinski definition) is 1. The molecule has 1 aliphatic heterocycles. The van der Waals surface area contributed by atoms with Gasteiger partial charge in [-0.2, -0.15) is 0 Å². The maximum Gasteiger partial charge on any atom is 0.409 e. The van der Waals surface area contributed by atoms with Crippen LogP contribution in [0.5, 0.6) is 0 Å². The van der Waals surface area contributed by atoms with E-state index in [1.165, 1.54) is 0 Å². The second-order valence-electron chi connectivity index (χ2n) is 7.12. The van der Waals surface area contributed by atoms with Crippen LogP contribution in [-0.2, 0) is 4.74 Å². The Balaban J connectivity index is 1.44. The Labute approximate surface area is 162 Å². The van der Waals surface area contributed by atoms with Crippen molar-refractivity contribution in [1.82, 2.24) is 15.2 Å². The van der Waals surface area contributed by atoms with Gasteiger partial charge in [-0.1, -0.05) is 12.1 Å². The molecular formula is C21H23N3O4. The van der Waals surface area contributed by atoms with Crippen molar-refractivity contribution < 1.29 is 18.7 Å². The zero-order chi connectivity index (χ0) is 19.7. The quantitative estimate of drug-likeness (QED) is 0.749. The Morgan fingerprint density at radius 3 is 2.75 bits per heavy atom. The van der Waals surface area contributed by atoms with Crippen LogP contribution in [-0.4, -0.2) is 47.6 Å². The number of hydrogen-bond acceptors (Lipinski definition) is 5. The molecule has 4 rings (SSSR count). The van der Waals surface area contributed by atoms with Crippen LogP contribution in [0.1, 0.15) is 35.9 Å². The van der Waals surface area contributed by atoms with E-state index in [0.29, 0.717) is 38.3 Å². The number of amides is 2. The van der Waals surface area contributed by atoms with Crippen LogP contribution < -0.4 is 5.32 Å². The molecule has 2 amide bonds. The average molecular weight is 381 g/mol. The third-order valence-corrected chi connectivity index (χ3v) is 5.04. The largest absolute Gasteiger partial charge is 0.450 e. The second kappa shape index (κ2) is 7.50. The molecule has 2 aromatic heterocycles. The van der Waals surface area contributed by atoms with Crippen LogP contribution in [0.4, 0.5) is 4.79 Å². The minimum absolute atomic E-state index is 0.000991. The van der Waals surface area contributed by atoms with E-state index in [0.717, 1.165) is 21.9 Å². The Morgan fingerprint density at radius 1 is 1.21 bits per heavy atom. The van der Waals surface area contributed by atoms with Crippen LogP contribution in [0.15, 0.2) is 34.7 Å². The van der Waals surface area contributed by atoms with E-state index in [1.807, 2.05) is 31.2 Å². The number of nitrogens with one attached hydrogen (secondary N) is 1. The molecule has 1 N–H and O–H groups in total. The summed E-state index contributed by atoms with van der Waals surface area (Å²) in [5.41, 5.74) is 2.43. The van der Waals surface area contributed by atoms with Crippen molar-refractivity contribution in [2.75, 3.05) is 19.7 Å². The molecule has 0 spiro atoms. The first-order valence-corrected chi connectivity index (χ1v) is 9.57. The summed E-state index contributed by atoms with van der Waals surface area (Å²) in [6, 6.07) is 9.75. The Morgan fingerprint density at radius 2 is 2.00 bits per heavy atom. The molecule has 0 atom stereocenters. The Bertz CT molecular complexity index is 1030. The predicted molar refractivity (Wildman–Crippen MR) is 105 cm³/mol. The van der Waals surface area contributed by atoms with Gasteiger partial charge in [-0.3, -0.25) is 4.79 Å². The van der Waals surface area contributed by atoms with E-state index in [4.69, 9.17) is 9.15 Å². The molecule has 7 nitrogen and oxygen atoms in total. The van der Waals surface area contributed by atoms with Crippen molar-refractivity contribution in [2.24, 2.45) is 0 Å². The van der Waals surface area contributed by atoms with Gasteiger partial charge in [0, 0.05) is 29.9 Å². The van der Waals surface area contributed by atoms with E-state index in [9.17, 15) is 9.59 Å². The summed E-state index contributed by atoms with van der Waals surface area (Å²) in [5, 5.41) is 4.81. The first kappa shape index (κ1) is 18.3. The SMILES string of the molecule is CCOC(=O)N1CCC(NC(=O)c2cc3cc4ccc(C)cc4nc3o2)CC1. The molecule has 0 unspecified atom stereocenters. The number of furan rings is 1. The van der Waals surface area contributed by atoms with Crippen molar-refractivity contribution >= 4 is 34.0 Å². The number of pyridine rings is 1. The molecule has 0 saturated carbocycles. The number of aryl methyl sites for hydroxylation is 1. The molecule has 1 aliphatic rings. The smallest absolute Gasteiger partial charge is 0.409 e. The predicted octanol–water partition coefficient (Wildman–Crippen LogP) is 3.64. The zero-order valence-electron chi connectivity index (χ0n) is 16.0. The molecule has 0 bridgehead atoms. The van der Waals surface area contributed by atoms with Crippen LogP contribution in [0.25, 0.3) is 22.0 Å². The van der Waals surface area contributed by atoms with Crippen molar-refractivity contribution in [3.8, 4) is 0 Å². The summed E-state index contributed by atoms with van der Waals surface area (Å²) in [6.45, 7) is 5.30. The summed E-state index contributed by atoms with van der Waals surface area (Å²) >= 11 is 0. The highest BCUT2D eigenvalue weighted by atomic mass is 16.6. The molecule has 0 aliphatic carbocycles. The minimum Gasteiger partial charge on any atom is -0.450 e. The average Bonchev–Trinajstić information content (AvgIpc) is 3.10. The lowest BCUT2D eigenvalue weighted by molar-refractivity contribution is 0.0842. The monoisotopic (exact) mass is 381 g/mol. The lowest BCUT2D eigenvalue weighted by atomic mass is 10.1. The van der Waals surface area contributed by atoms with Crippen molar-refractivity contribution in [3.63, 3.8) is 0 Å². The van der Waals surface area contributed by atoms with E-state index in [1.54, 1.807) is 17.9 Å². The first-order chi connectivity index (χ1) is 13.5. The van der Waals surface area contributed by atoms with Gasteiger partial charge in [-0.25, -0.2) is 9.78 Å². The summed E-state index contributed by atoms with van der Waals surface area (Å²) in [5.74, 6) is -0.00447. The molecule has 1 saturated heterocycles. The first-order valence-electron chi connectivity index (χ1n) is 9.57.